The zero-order chi connectivity index (χ0) is 19.8. The van der Waals surface area contributed by atoms with E-state index in [9.17, 15) is 4.39 Å². The summed E-state index contributed by atoms with van der Waals surface area (Å²) in [5.41, 5.74) is 6.13. The van der Waals surface area contributed by atoms with E-state index in [4.69, 9.17) is 4.98 Å². The van der Waals surface area contributed by atoms with Crippen molar-refractivity contribution in [2.75, 3.05) is 25.5 Å². The van der Waals surface area contributed by atoms with E-state index < -0.39 is 0 Å². The summed E-state index contributed by atoms with van der Waals surface area (Å²) in [7, 11) is 1.85. The van der Waals surface area contributed by atoms with Gasteiger partial charge in [0, 0.05) is 30.8 Å². The number of piperidine rings is 1. The summed E-state index contributed by atoms with van der Waals surface area (Å²) < 4.78 is 13.5. The van der Waals surface area contributed by atoms with Gasteiger partial charge in [-0.15, -0.1) is 0 Å². The third-order valence-corrected chi connectivity index (χ3v) is 6.48. The molecule has 0 radical (unpaired) electrons. The van der Waals surface area contributed by atoms with Crippen molar-refractivity contribution in [3.8, 4) is 11.3 Å². The highest BCUT2D eigenvalue weighted by atomic mass is 19.1. The standard InChI is InChI=1S/C24H25FN4/c1-26-23-27-15-18-14-24(21-8-3-2-7-20(21)22(18)28-23)9-11-29(12-10-24)16-17-5-4-6-19(25)13-17/h2-8,13,15H,9-12,14,16H2,1H3,(H,26,27,28). The predicted molar refractivity (Wildman–Crippen MR) is 113 cm³/mol. The molecule has 0 bridgehead atoms. The molecule has 0 unspecified atom stereocenters. The van der Waals surface area contributed by atoms with Crippen molar-refractivity contribution in [2.24, 2.45) is 0 Å². The van der Waals surface area contributed by atoms with Crippen molar-refractivity contribution in [2.45, 2.75) is 31.2 Å². The first-order chi connectivity index (χ1) is 14.2. The predicted octanol–water partition coefficient (Wildman–Crippen LogP) is 4.41. The molecule has 1 spiro atoms. The zero-order valence-electron chi connectivity index (χ0n) is 16.7. The molecule has 0 saturated carbocycles. The van der Waals surface area contributed by atoms with Gasteiger partial charge in [-0.3, -0.25) is 4.90 Å². The first-order valence-corrected chi connectivity index (χ1v) is 10.3. The Kier molecular flexibility index (Phi) is 4.55. The molecular weight excluding hydrogens is 363 g/mol. The lowest BCUT2D eigenvalue weighted by Gasteiger charge is -2.45. The van der Waals surface area contributed by atoms with Gasteiger partial charge >= 0.3 is 0 Å². The van der Waals surface area contributed by atoms with Crippen LogP contribution in [-0.2, 0) is 18.4 Å². The first-order valence-electron chi connectivity index (χ1n) is 10.3. The molecule has 2 heterocycles. The van der Waals surface area contributed by atoms with Gasteiger partial charge in [0.25, 0.3) is 0 Å². The van der Waals surface area contributed by atoms with Gasteiger partial charge in [0.1, 0.15) is 5.82 Å². The first kappa shape index (κ1) is 18.3. The molecule has 2 aliphatic rings. The highest BCUT2D eigenvalue weighted by Gasteiger charge is 2.41. The van der Waals surface area contributed by atoms with Gasteiger partial charge in [-0.25, -0.2) is 14.4 Å². The maximum Gasteiger partial charge on any atom is 0.222 e. The van der Waals surface area contributed by atoms with Crippen LogP contribution in [0.5, 0.6) is 0 Å². The number of anilines is 1. The monoisotopic (exact) mass is 388 g/mol. The van der Waals surface area contributed by atoms with Crippen molar-refractivity contribution >= 4 is 5.95 Å². The largest absolute Gasteiger partial charge is 0.357 e. The molecule has 1 aliphatic carbocycles. The van der Waals surface area contributed by atoms with Crippen molar-refractivity contribution in [3.05, 3.63) is 77.2 Å². The summed E-state index contributed by atoms with van der Waals surface area (Å²) in [5, 5.41) is 3.06. The van der Waals surface area contributed by atoms with Crippen LogP contribution in [0.2, 0.25) is 0 Å². The number of rotatable bonds is 3. The Bertz CT molecular complexity index is 1040. The fourth-order valence-corrected chi connectivity index (χ4v) is 4.98. The number of hydrogen-bond donors (Lipinski definition) is 1. The van der Waals surface area contributed by atoms with E-state index in [0.29, 0.717) is 5.95 Å². The summed E-state index contributed by atoms with van der Waals surface area (Å²) in [6.45, 7) is 2.83. The number of likely N-dealkylation sites (tertiary alicyclic amines) is 1. The molecule has 0 atom stereocenters. The summed E-state index contributed by atoms with van der Waals surface area (Å²) >= 11 is 0. The van der Waals surface area contributed by atoms with Crippen molar-refractivity contribution in [3.63, 3.8) is 0 Å². The van der Waals surface area contributed by atoms with E-state index in [2.05, 4.69) is 39.5 Å². The van der Waals surface area contributed by atoms with Gasteiger partial charge in [0.2, 0.25) is 5.95 Å². The van der Waals surface area contributed by atoms with Crippen molar-refractivity contribution in [1.82, 2.24) is 14.9 Å². The van der Waals surface area contributed by atoms with E-state index in [0.717, 1.165) is 50.2 Å². The van der Waals surface area contributed by atoms with Gasteiger partial charge in [-0.1, -0.05) is 36.4 Å². The topological polar surface area (TPSA) is 41.1 Å². The zero-order valence-corrected chi connectivity index (χ0v) is 16.7. The van der Waals surface area contributed by atoms with E-state index in [1.54, 1.807) is 12.1 Å². The van der Waals surface area contributed by atoms with E-state index >= 15 is 0 Å². The fourth-order valence-electron chi connectivity index (χ4n) is 4.98. The highest BCUT2D eigenvalue weighted by molar-refractivity contribution is 5.72. The van der Waals surface area contributed by atoms with Crippen LogP contribution < -0.4 is 5.32 Å². The number of hydrogen-bond acceptors (Lipinski definition) is 4. The summed E-state index contributed by atoms with van der Waals surface area (Å²) in [6, 6.07) is 15.7. The number of halogens is 1. The lowest BCUT2D eigenvalue weighted by atomic mass is 9.64. The summed E-state index contributed by atoms with van der Waals surface area (Å²) in [6.07, 6.45) is 5.15. The number of nitrogens with zero attached hydrogens (tertiary/aromatic N) is 3. The van der Waals surface area contributed by atoms with Crippen LogP contribution in [0.3, 0.4) is 0 Å². The maximum absolute atomic E-state index is 13.5. The Morgan fingerprint density at radius 1 is 1.10 bits per heavy atom. The Morgan fingerprint density at radius 3 is 2.72 bits per heavy atom. The van der Waals surface area contributed by atoms with Crippen LogP contribution >= 0.6 is 0 Å². The molecule has 4 nitrogen and oxygen atoms in total. The average molecular weight is 388 g/mol. The molecule has 2 aromatic carbocycles. The second kappa shape index (κ2) is 7.23. The summed E-state index contributed by atoms with van der Waals surface area (Å²) in [4.78, 5) is 11.7. The quantitative estimate of drug-likeness (QED) is 0.721. The lowest BCUT2D eigenvalue weighted by molar-refractivity contribution is 0.150. The van der Waals surface area contributed by atoms with Crippen LogP contribution in [0, 0.1) is 5.82 Å². The third kappa shape index (κ3) is 3.29. The molecule has 1 saturated heterocycles. The van der Waals surface area contributed by atoms with Crippen molar-refractivity contribution < 1.29 is 4.39 Å². The minimum Gasteiger partial charge on any atom is -0.357 e. The minimum absolute atomic E-state index is 0.131. The fraction of sp³-hybridized carbons (Fsp3) is 0.333. The molecule has 148 valence electrons. The minimum atomic E-state index is -0.158. The van der Waals surface area contributed by atoms with E-state index in [1.807, 2.05) is 19.3 Å². The molecule has 0 amide bonds. The number of benzene rings is 2. The molecule has 1 aromatic heterocycles. The molecular formula is C24H25FN4. The number of fused-ring (bicyclic) bond motifs is 4. The Labute approximate surface area is 170 Å². The van der Waals surface area contributed by atoms with Gasteiger partial charge in [-0.2, -0.15) is 0 Å². The SMILES string of the molecule is CNc1ncc2c(n1)-c1ccccc1C1(CCN(Cc3cccc(F)c3)CC1)C2. The Balaban J connectivity index is 1.42. The highest BCUT2D eigenvalue weighted by Crippen LogP contribution is 2.48. The molecule has 1 fully saturated rings. The molecule has 5 rings (SSSR count). The second-order valence-electron chi connectivity index (χ2n) is 8.23. The normalized spacial score (nSPS) is 17.6. The van der Waals surface area contributed by atoms with Crippen LogP contribution in [0.1, 0.15) is 29.5 Å². The third-order valence-electron chi connectivity index (χ3n) is 6.48. The van der Waals surface area contributed by atoms with Crippen LogP contribution in [-0.4, -0.2) is 35.0 Å². The molecule has 1 aliphatic heterocycles. The average Bonchev–Trinajstić information content (AvgIpc) is 2.76. The smallest absolute Gasteiger partial charge is 0.222 e. The molecule has 1 N–H and O–H groups in total. The van der Waals surface area contributed by atoms with Crippen LogP contribution in [0.4, 0.5) is 10.3 Å². The maximum atomic E-state index is 13.5. The van der Waals surface area contributed by atoms with Gasteiger partial charge in [0.05, 0.1) is 5.69 Å². The Morgan fingerprint density at radius 2 is 1.93 bits per heavy atom. The van der Waals surface area contributed by atoms with Crippen LogP contribution in [0.25, 0.3) is 11.3 Å². The number of nitrogens with one attached hydrogen (secondary N) is 1. The summed E-state index contributed by atoms with van der Waals surface area (Å²) in [5.74, 6) is 0.508. The molecule has 29 heavy (non-hydrogen) atoms. The molecule has 3 aromatic rings. The molecule has 5 heteroatoms. The van der Waals surface area contributed by atoms with E-state index in [1.165, 1.54) is 22.8 Å². The van der Waals surface area contributed by atoms with Crippen LogP contribution in [0.15, 0.2) is 54.7 Å². The van der Waals surface area contributed by atoms with Gasteiger partial charge < -0.3 is 5.32 Å². The lowest BCUT2D eigenvalue weighted by Crippen LogP contribution is -2.45. The van der Waals surface area contributed by atoms with E-state index in [-0.39, 0.29) is 11.2 Å². The second-order valence-corrected chi connectivity index (χ2v) is 8.23. The Hall–Kier alpha value is -2.79. The van der Waals surface area contributed by atoms with Gasteiger partial charge in [-0.05, 0) is 61.2 Å². The number of aromatic nitrogens is 2. The van der Waals surface area contributed by atoms with Gasteiger partial charge in [0.15, 0.2) is 0 Å². The van der Waals surface area contributed by atoms with Crippen molar-refractivity contribution in [1.29, 1.82) is 0 Å².